The normalized spacial score (nSPS) is 12.5. The second-order valence-corrected chi connectivity index (χ2v) is 5.23. The lowest BCUT2D eigenvalue weighted by atomic mass is 10.1. The van der Waals surface area contributed by atoms with E-state index in [9.17, 15) is 5.11 Å². The summed E-state index contributed by atoms with van der Waals surface area (Å²) in [4.78, 5) is 0. The molecule has 1 aromatic carbocycles. The number of methoxy groups -OCH3 is 2. The third-order valence-corrected chi connectivity index (χ3v) is 3.14. The van der Waals surface area contributed by atoms with Crippen molar-refractivity contribution in [3.63, 3.8) is 0 Å². The molecule has 4 nitrogen and oxygen atoms in total. The van der Waals surface area contributed by atoms with Crippen molar-refractivity contribution in [3.8, 4) is 11.5 Å². The zero-order valence-corrected chi connectivity index (χ0v) is 12.9. The lowest BCUT2D eigenvalue weighted by molar-refractivity contribution is 0.0325. The highest BCUT2D eigenvalue weighted by Gasteiger charge is 2.14. The molecule has 0 saturated carbocycles. The molecule has 0 aliphatic heterocycles. The van der Waals surface area contributed by atoms with Gasteiger partial charge in [-0.3, -0.25) is 0 Å². The molecule has 1 rings (SSSR count). The van der Waals surface area contributed by atoms with Crippen LogP contribution in [0.25, 0.3) is 0 Å². The van der Waals surface area contributed by atoms with Gasteiger partial charge in [-0.25, -0.2) is 0 Å². The summed E-state index contributed by atoms with van der Waals surface area (Å²) in [7, 11) is 3.18. The molecule has 0 aromatic heterocycles. The molecule has 0 amide bonds. The van der Waals surface area contributed by atoms with Crippen molar-refractivity contribution >= 4 is 0 Å². The predicted molar refractivity (Wildman–Crippen MR) is 79.4 cm³/mol. The zero-order chi connectivity index (χ0) is 15.0. The maximum absolute atomic E-state index is 10.2. The fourth-order valence-corrected chi connectivity index (χ4v) is 1.98. The van der Waals surface area contributed by atoms with E-state index in [-0.39, 0.29) is 6.61 Å². The average molecular weight is 282 g/mol. The molecule has 20 heavy (non-hydrogen) atoms. The van der Waals surface area contributed by atoms with Crippen molar-refractivity contribution in [2.75, 3.05) is 27.4 Å². The Bertz CT molecular complexity index is 390. The Kier molecular flexibility index (Phi) is 7.41. The maximum Gasteiger partial charge on any atom is 0.125 e. The Morgan fingerprint density at radius 1 is 1.15 bits per heavy atom. The topological polar surface area (TPSA) is 47.9 Å². The van der Waals surface area contributed by atoms with E-state index in [0.717, 1.165) is 12.8 Å². The number of hydrogen-bond donors (Lipinski definition) is 1. The van der Waals surface area contributed by atoms with Crippen LogP contribution in [-0.2, 0) is 4.74 Å². The van der Waals surface area contributed by atoms with Gasteiger partial charge in [0, 0.05) is 12.2 Å². The fourth-order valence-electron chi connectivity index (χ4n) is 1.98. The fraction of sp³-hybridized carbons (Fsp3) is 0.625. The summed E-state index contributed by atoms with van der Waals surface area (Å²) in [5.74, 6) is 2.02. The molecule has 0 heterocycles. The summed E-state index contributed by atoms with van der Waals surface area (Å²) in [6.45, 7) is 5.31. The van der Waals surface area contributed by atoms with E-state index in [2.05, 4.69) is 13.8 Å². The molecule has 0 aliphatic carbocycles. The highest BCUT2D eigenvalue weighted by Crippen LogP contribution is 2.29. The summed E-state index contributed by atoms with van der Waals surface area (Å²) in [5.41, 5.74) is 0.690. The molecule has 4 heteroatoms. The number of aliphatic hydroxyl groups excluding tert-OH is 1. The van der Waals surface area contributed by atoms with Crippen LogP contribution in [0.1, 0.15) is 38.4 Å². The van der Waals surface area contributed by atoms with Gasteiger partial charge >= 0.3 is 0 Å². The molecule has 114 valence electrons. The summed E-state index contributed by atoms with van der Waals surface area (Å²) in [5, 5.41) is 10.2. The first-order valence-electron chi connectivity index (χ1n) is 7.06. The van der Waals surface area contributed by atoms with Crippen molar-refractivity contribution in [3.05, 3.63) is 23.8 Å². The number of rotatable bonds is 9. The van der Waals surface area contributed by atoms with Crippen LogP contribution in [0.2, 0.25) is 0 Å². The average Bonchev–Trinajstić information content (AvgIpc) is 2.45. The van der Waals surface area contributed by atoms with Gasteiger partial charge in [-0.15, -0.1) is 0 Å². The molecule has 0 spiro atoms. The minimum absolute atomic E-state index is 0.265. The van der Waals surface area contributed by atoms with Crippen LogP contribution in [0.4, 0.5) is 0 Å². The van der Waals surface area contributed by atoms with Crippen LogP contribution < -0.4 is 9.47 Å². The Morgan fingerprint density at radius 3 is 2.50 bits per heavy atom. The van der Waals surface area contributed by atoms with Gasteiger partial charge in [0.25, 0.3) is 0 Å². The van der Waals surface area contributed by atoms with E-state index in [0.29, 0.717) is 29.6 Å². The third-order valence-electron chi connectivity index (χ3n) is 3.14. The summed E-state index contributed by atoms with van der Waals surface area (Å²) >= 11 is 0. The van der Waals surface area contributed by atoms with Gasteiger partial charge in [-0.05, 0) is 37.0 Å². The Labute approximate surface area is 121 Å². The van der Waals surface area contributed by atoms with Crippen molar-refractivity contribution in [1.29, 1.82) is 0 Å². The third kappa shape index (κ3) is 5.39. The highest BCUT2D eigenvalue weighted by atomic mass is 16.5. The van der Waals surface area contributed by atoms with Crippen LogP contribution in [-0.4, -0.2) is 32.5 Å². The number of ether oxygens (including phenoxy) is 3. The van der Waals surface area contributed by atoms with Gasteiger partial charge in [0.15, 0.2) is 0 Å². The molecular weight excluding hydrogens is 256 g/mol. The summed E-state index contributed by atoms with van der Waals surface area (Å²) in [6, 6.07) is 5.37. The number of benzene rings is 1. The Morgan fingerprint density at radius 2 is 1.90 bits per heavy atom. The van der Waals surface area contributed by atoms with Crippen molar-refractivity contribution < 1.29 is 19.3 Å². The second kappa shape index (κ2) is 8.82. The molecule has 1 unspecified atom stereocenters. The van der Waals surface area contributed by atoms with E-state index < -0.39 is 6.10 Å². The minimum Gasteiger partial charge on any atom is -0.497 e. The van der Waals surface area contributed by atoms with Crippen LogP contribution in [0.5, 0.6) is 11.5 Å². The van der Waals surface area contributed by atoms with Crippen molar-refractivity contribution in [2.45, 2.75) is 32.8 Å². The van der Waals surface area contributed by atoms with Crippen LogP contribution >= 0.6 is 0 Å². The predicted octanol–water partition coefficient (Wildman–Crippen LogP) is 3.19. The monoisotopic (exact) mass is 282 g/mol. The highest BCUT2D eigenvalue weighted by molar-refractivity contribution is 5.41. The molecule has 0 radical (unpaired) electrons. The lowest BCUT2D eigenvalue weighted by Crippen LogP contribution is -2.10. The molecule has 0 saturated heterocycles. The Hall–Kier alpha value is -1.26. The molecule has 0 fully saturated rings. The molecule has 0 bridgehead atoms. The van der Waals surface area contributed by atoms with E-state index in [1.165, 1.54) is 0 Å². The first-order chi connectivity index (χ1) is 9.58. The number of aliphatic hydroxyl groups is 1. The van der Waals surface area contributed by atoms with Crippen LogP contribution in [0.3, 0.4) is 0 Å². The summed E-state index contributed by atoms with van der Waals surface area (Å²) < 4.78 is 15.9. The SMILES string of the molecule is COc1ccc(OC)c(C(O)COCCCC(C)C)c1. The van der Waals surface area contributed by atoms with E-state index in [1.54, 1.807) is 32.4 Å². The first-order valence-corrected chi connectivity index (χ1v) is 7.06. The van der Waals surface area contributed by atoms with Gasteiger partial charge in [0.05, 0.1) is 20.8 Å². The lowest BCUT2D eigenvalue weighted by Gasteiger charge is -2.16. The van der Waals surface area contributed by atoms with Gasteiger partial charge in [-0.2, -0.15) is 0 Å². The van der Waals surface area contributed by atoms with Crippen molar-refractivity contribution in [1.82, 2.24) is 0 Å². The summed E-state index contributed by atoms with van der Waals surface area (Å²) in [6.07, 6.45) is 1.44. The second-order valence-electron chi connectivity index (χ2n) is 5.23. The molecule has 1 aromatic rings. The maximum atomic E-state index is 10.2. The smallest absolute Gasteiger partial charge is 0.125 e. The molecule has 1 N–H and O–H groups in total. The van der Waals surface area contributed by atoms with Gasteiger partial charge in [0.1, 0.15) is 17.6 Å². The van der Waals surface area contributed by atoms with Crippen molar-refractivity contribution in [2.24, 2.45) is 5.92 Å². The molecule has 0 aliphatic rings. The van der Waals surface area contributed by atoms with Crippen LogP contribution in [0.15, 0.2) is 18.2 Å². The van der Waals surface area contributed by atoms with Gasteiger partial charge in [-0.1, -0.05) is 13.8 Å². The molecular formula is C16H26O4. The van der Waals surface area contributed by atoms with Gasteiger partial charge in [0.2, 0.25) is 0 Å². The standard InChI is InChI=1S/C16H26O4/c1-12(2)6-5-9-20-11-15(17)14-10-13(18-3)7-8-16(14)19-4/h7-8,10,12,15,17H,5-6,9,11H2,1-4H3. The largest absolute Gasteiger partial charge is 0.497 e. The minimum atomic E-state index is -0.709. The zero-order valence-electron chi connectivity index (χ0n) is 12.9. The Balaban J connectivity index is 2.51. The van der Waals surface area contributed by atoms with E-state index in [4.69, 9.17) is 14.2 Å². The quantitative estimate of drug-likeness (QED) is 0.707. The van der Waals surface area contributed by atoms with E-state index >= 15 is 0 Å². The number of hydrogen-bond acceptors (Lipinski definition) is 4. The molecule has 1 atom stereocenters. The van der Waals surface area contributed by atoms with Gasteiger partial charge < -0.3 is 19.3 Å². The van der Waals surface area contributed by atoms with E-state index in [1.807, 2.05) is 0 Å². The van der Waals surface area contributed by atoms with Crippen LogP contribution in [0, 0.1) is 5.92 Å². The first kappa shape index (κ1) is 16.8.